The average Bonchev–Trinajstić information content (AvgIpc) is 3.53. The summed E-state index contributed by atoms with van der Waals surface area (Å²) < 4.78 is 0. The summed E-state index contributed by atoms with van der Waals surface area (Å²) in [5.41, 5.74) is 4.57. The average molecular weight is 539 g/mol. The molecule has 0 saturated carbocycles. The van der Waals surface area contributed by atoms with Crippen molar-refractivity contribution in [3.05, 3.63) is 83.0 Å². The Bertz CT molecular complexity index is 1530. The zero-order valence-corrected chi connectivity index (χ0v) is 22.2. The van der Waals surface area contributed by atoms with Gasteiger partial charge in [0.1, 0.15) is 5.82 Å². The molecule has 1 fully saturated rings. The fourth-order valence-electron chi connectivity index (χ4n) is 5.44. The van der Waals surface area contributed by atoms with Crippen molar-refractivity contribution in [1.29, 1.82) is 0 Å². The highest BCUT2D eigenvalue weighted by molar-refractivity contribution is 6.37. The Morgan fingerprint density at radius 3 is 2.50 bits per heavy atom. The van der Waals surface area contributed by atoms with E-state index in [4.69, 9.17) is 4.98 Å². The number of rotatable bonds is 6. The van der Waals surface area contributed by atoms with E-state index in [2.05, 4.69) is 27.5 Å². The molecule has 3 aliphatic heterocycles. The molecule has 3 N–H and O–H groups in total. The second-order valence-electron chi connectivity index (χ2n) is 10.3. The summed E-state index contributed by atoms with van der Waals surface area (Å²) >= 11 is 0. The van der Waals surface area contributed by atoms with Gasteiger partial charge in [-0.15, -0.1) is 0 Å². The second-order valence-corrected chi connectivity index (χ2v) is 10.3. The monoisotopic (exact) mass is 538 g/mol. The van der Waals surface area contributed by atoms with E-state index in [0.29, 0.717) is 47.8 Å². The molecule has 0 aliphatic carbocycles. The fraction of sp³-hybridized carbons (Fsp3) is 0.267. The smallest absolute Gasteiger partial charge is 0.335 e. The van der Waals surface area contributed by atoms with Gasteiger partial charge in [0, 0.05) is 44.7 Å². The molecule has 0 unspecified atom stereocenters. The number of aromatic nitrogens is 1. The number of carboxylic acid groups (broad SMARTS) is 1. The van der Waals surface area contributed by atoms with Crippen LogP contribution in [0.4, 0.5) is 17.2 Å². The van der Waals surface area contributed by atoms with Crippen molar-refractivity contribution in [1.82, 2.24) is 14.8 Å². The van der Waals surface area contributed by atoms with Crippen LogP contribution in [-0.4, -0.2) is 84.0 Å². The highest BCUT2D eigenvalue weighted by atomic mass is 16.4. The van der Waals surface area contributed by atoms with Gasteiger partial charge in [0.05, 0.1) is 40.4 Å². The van der Waals surface area contributed by atoms with Crippen LogP contribution in [0.3, 0.4) is 0 Å². The number of likely N-dealkylation sites (N-methyl/N-ethyl adjacent to an activating group) is 1. The minimum atomic E-state index is -1.06. The van der Waals surface area contributed by atoms with Crippen molar-refractivity contribution in [3.63, 3.8) is 0 Å². The molecular weight excluding hydrogens is 508 g/mol. The van der Waals surface area contributed by atoms with Crippen LogP contribution < -0.4 is 15.5 Å². The number of carboxylic acids is 1. The SMILES string of the molecule is CN1CCN(CC(=O)N2CCc3nc(N/C(=C4\C(=O)Nc5cc(C(=O)O)ccc54)c4ccccc4)ccc32)CC1. The number of pyridine rings is 1. The van der Waals surface area contributed by atoms with Gasteiger partial charge in [-0.2, -0.15) is 0 Å². The Morgan fingerprint density at radius 1 is 0.975 bits per heavy atom. The maximum absolute atomic E-state index is 13.2. The standard InChI is InChI=1S/C30H30N6O4/c1-34-13-15-35(16-14-34)18-26(37)36-12-11-22-24(36)9-10-25(31-22)33-28(19-5-3-2-4-6-19)27-21-8-7-20(30(39)40)17-23(21)32-29(27)38/h2-10,17H,11-16,18H2,1H3,(H,31,33)(H,32,38)(H,39,40)/b28-27-. The van der Waals surface area contributed by atoms with Gasteiger partial charge in [0.25, 0.3) is 5.91 Å². The van der Waals surface area contributed by atoms with E-state index in [-0.39, 0.29) is 17.4 Å². The van der Waals surface area contributed by atoms with Crippen LogP contribution in [0.2, 0.25) is 0 Å². The normalized spacial score (nSPS) is 18.2. The van der Waals surface area contributed by atoms with E-state index in [1.54, 1.807) is 6.07 Å². The number of piperazine rings is 1. The number of anilines is 3. The Morgan fingerprint density at radius 2 is 1.75 bits per heavy atom. The van der Waals surface area contributed by atoms with Gasteiger partial charge in [0.15, 0.2) is 0 Å². The Labute approximate surface area is 231 Å². The summed E-state index contributed by atoms with van der Waals surface area (Å²) in [5.74, 6) is -0.750. The lowest BCUT2D eigenvalue weighted by atomic mass is 9.99. The topological polar surface area (TPSA) is 118 Å². The number of hydrogen-bond donors (Lipinski definition) is 3. The molecule has 0 atom stereocenters. The number of hydrogen-bond acceptors (Lipinski definition) is 7. The first-order valence-corrected chi connectivity index (χ1v) is 13.3. The summed E-state index contributed by atoms with van der Waals surface area (Å²) in [7, 11) is 2.10. The van der Waals surface area contributed by atoms with Crippen molar-refractivity contribution < 1.29 is 19.5 Å². The zero-order chi connectivity index (χ0) is 27.8. The van der Waals surface area contributed by atoms with Crippen LogP contribution in [0.15, 0.2) is 60.7 Å². The minimum absolute atomic E-state index is 0.0814. The molecule has 3 aliphatic rings. The molecule has 1 aromatic heterocycles. The molecule has 6 rings (SSSR count). The lowest BCUT2D eigenvalue weighted by molar-refractivity contribution is -0.120. The van der Waals surface area contributed by atoms with Crippen molar-refractivity contribution in [3.8, 4) is 0 Å². The van der Waals surface area contributed by atoms with Gasteiger partial charge >= 0.3 is 5.97 Å². The Hall–Kier alpha value is -4.54. The van der Waals surface area contributed by atoms with Gasteiger partial charge in [-0.05, 0) is 36.9 Å². The second kappa shape index (κ2) is 10.6. The number of nitrogens with zero attached hydrogens (tertiary/aromatic N) is 4. The van der Waals surface area contributed by atoms with Crippen molar-refractivity contribution in [2.45, 2.75) is 6.42 Å². The molecule has 10 heteroatoms. The van der Waals surface area contributed by atoms with E-state index in [0.717, 1.165) is 43.1 Å². The minimum Gasteiger partial charge on any atom is -0.478 e. The van der Waals surface area contributed by atoms with Gasteiger partial charge in [0.2, 0.25) is 5.91 Å². The third kappa shape index (κ3) is 4.94. The van der Waals surface area contributed by atoms with E-state index in [1.165, 1.54) is 12.1 Å². The first-order valence-electron chi connectivity index (χ1n) is 13.3. The third-order valence-corrected chi connectivity index (χ3v) is 7.65. The van der Waals surface area contributed by atoms with Gasteiger partial charge in [-0.3, -0.25) is 14.5 Å². The fourth-order valence-corrected chi connectivity index (χ4v) is 5.44. The molecule has 40 heavy (non-hydrogen) atoms. The zero-order valence-electron chi connectivity index (χ0n) is 22.2. The van der Waals surface area contributed by atoms with E-state index >= 15 is 0 Å². The number of benzene rings is 2. The van der Waals surface area contributed by atoms with Gasteiger partial charge < -0.3 is 25.5 Å². The van der Waals surface area contributed by atoms with Crippen LogP contribution in [0, 0.1) is 0 Å². The molecule has 1 saturated heterocycles. The number of nitrogens with one attached hydrogen (secondary N) is 2. The maximum atomic E-state index is 13.2. The number of fused-ring (bicyclic) bond motifs is 2. The van der Waals surface area contributed by atoms with Crippen LogP contribution >= 0.6 is 0 Å². The van der Waals surface area contributed by atoms with Crippen molar-refractivity contribution >= 4 is 46.2 Å². The first kappa shape index (κ1) is 25.7. The first-order chi connectivity index (χ1) is 19.4. The van der Waals surface area contributed by atoms with Crippen molar-refractivity contribution in [2.24, 2.45) is 0 Å². The number of aromatic carboxylic acids is 1. The number of carbonyl (C=O) groups is 3. The summed E-state index contributed by atoms with van der Waals surface area (Å²) in [6.45, 7) is 4.68. The molecular formula is C30H30N6O4. The quantitative estimate of drug-likeness (QED) is 0.410. The van der Waals surface area contributed by atoms with Gasteiger partial charge in [-0.1, -0.05) is 36.4 Å². The van der Waals surface area contributed by atoms with Crippen LogP contribution in [0.5, 0.6) is 0 Å². The van der Waals surface area contributed by atoms with Crippen LogP contribution in [0.25, 0.3) is 11.3 Å². The Balaban J connectivity index is 1.29. The van der Waals surface area contributed by atoms with Gasteiger partial charge in [-0.25, -0.2) is 9.78 Å². The molecule has 4 heterocycles. The van der Waals surface area contributed by atoms with E-state index in [1.807, 2.05) is 47.4 Å². The molecule has 2 aromatic carbocycles. The summed E-state index contributed by atoms with van der Waals surface area (Å²) in [6, 6.07) is 17.8. The molecule has 0 radical (unpaired) electrons. The lowest BCUT2D eigenvalue weighted by Gasteiger charge is -2.32. The molecule has 10 nitrogen and oxygen atoms in total. The predicted molar refractivity (Wildman–Crippen MR) is 153 cm³/mol. The maximum Gasteiger partial charge on any atom is 0.335 e. The van der Waals surface area contributed by atoms with Crippen LogP contribution in [0.1, 0.15) is 27.2 Å². The molecule has 0 bridgehead atoms. The lowest BCUT2D eigenvalue weighted by Crippen LogP contribution is -2.48. The number of amides is 2. The van der Waals surface area contributed by atoms with Crippen molar-refractivity contribution in [2.75, 3.05) is 61.8 Å². The van der Waals surface area contributed by atoms with E-state index in [9.17, 15) is 19.5 Å². The summed E-state index contributed by atoms with van der Waals surface area (Å²) in [4.78, 5) is 48.9. The van der Waals surface area contributed by atoms with E-state index < -0.39 is 5.97 Å². The molecule has 3 aromatic rings. The summed E-state index contributed by atoms with van der Waals surface area (Å²) in [6.07, 6.45) is 0.651. The Kier molecular flexibility index (Phi) is 6.79. The number of carbonyl (C=O) groups excluding carboxylic acids is 2. The van der Waals surface area contributed by atoms with Crippen LogP contribution in [-0.2, 0) is 16.0 Å². The highest BCUT2D eigenvalue weighted by Gasteiger charge is 2.31. The summed E-state index contributed by atoms with van der Waals surface area (Å²) in [5, 5.41) is 15.5. The molecule has 0 spiro atoms. The predicted octanol–water partition coefficient (Wildman–Crippen LogP) is 2.85. The third-order valence-electron chi connectivity index (χ3n) is 7.65. The molecule has 204 valence electrons. The highest BCUT2D eigenvalue weighted by Crippen LogP contribution is 2.38. The molecule has 2 amide bonds. The largest absolute Gasteiger partial charge is 0.478 e.